The van der Waals surface area contributed by atoms with Crippen LogP contribution in [-0.2, 0) is 18.3 Å². The van der Waals surface area contributed by atoms with Crippen LogP contribution in [0.1, 0.15) is 17.7 Å². The van der Waals surface area contributed by atoms with Crippen LogP contribution in [0.4, 0.5) is 5.13 Å². The molecule has 0 fully saturated rings. The van der Waals surface area contributed by atoms with E-state index in [4.69, 9.17) is 9.72 Å². The van der Waals surface area contributed by atoms with Gasteiger partial charge in [-0.3, -0.25) is 4.79 Å². The minimum absolute atomic E-state index is 0.0347. The molecule has 0 radical (unpaired) electrons. The van der Waals surface area contributed by atoms with Crippen molar-refractivity contribution < 1.29 is 9.53 Å². The number of ether oxygens (including phenoxy) is 1. The van der Waals surface area contributed by atoms with E-state index in [1.165, 1.54) is 16.7 Å². The van der Waals surface area contributed by atoms with Crippen molar-refractivity contribution in [3.05, 3.63) is 65.3 Å². The minimum Gasteiger partial charge on any atom is -0.497 e. The predicted octanol–water partition coefficient (Wildman–Crippen LogP) is 5.67. The molecule has 0 aliphatic rings. The van der Waals surface area contributed by atoms with Crippen LogP contribution < -0.4 is 10.1 Å². The summed E-state index contributed by atoms with van der Waals surface area (Å²) in [5, 5.41) is 7.83. The number of hydrogen-bond acceptors (Lipinski definition) is 4. The van der Waals surface area contributed by atoms with E-state index >= 15 is 0 Å². The van der Waals surface area contributed by atoms with Crippen LogP contribution in [0.25, 0.3) is 33.1 Å². The van der Waals surface area contributed by atoms with Gasteiger partial charge in [0.2, 0.25) is 5.91 Å². The van der Waals surface area contributed by atoms with Crippen LogP contribution in [0.15, 0.2) is 54.0 Å². The van der Waals surface area contributed by atoms with Gasteiger partial charge in [0.1, 0.15) is 5.75 Å². The number of benzene rings is 2. The second kappa shape index (κ2) is 8.16. The van der Waals surface area contributed by atoms with Crippen molar-refractivity contribution in [2.24, 2.45) is 7.05 Å². The zero-order valence-corrected chi connectivity index (χ0v) is 19.0. The summed E-state index contributed by atoms with van der Waals surface area (Å²) < 4.78 is 7.57. The van der Waals surface area contributed by atoms with E-state index < -0.39 is 0 Å². The minimum atomic E-state index is -0.0347. The highest BCUT2D eigenvalue weighted by molar-refractivity contribution is 7.14. The molecule has 0 bridgehead atoms. The lowest BCUT2D eigenvalue weighted by Gasteiger charge is -2.02. The first-order valence-corrected chi connectivity index (χ1v) is 11.4. The first-order chi connectivity index (χ1) is 15.5. The maximum atomic E-state index is 12.6. The molecule has 0 aliphatic heterocycles. The number of para-hydroxylation sites is 1. The number of fused-ring (bicyclic) bond motifs is 2. The number of rotatable bonds is 6. The number of hydrogen-bond donors (Lipinski definition) is 2. The van der Waals surface area contributed by atoms with E-state index in [1.807, 2.05) is 49.0 Å². The number of anilines is 1. The molecule has 0 saturated carbocycles. The summed E-state index contributed by atoms with van der Waals surface area (Å²) in [6.45, 7) is 2.08. The fourth-order valence-corrected chi connectivity index (χ4v) is 4.93. The Morgan fingerprint density at radius 3 is 2.91 bits per heavy atom. The molecule has 0 saturated heterocycles. The van der Waals surface area contributed by atoms with Crippen LogP contribution in [-0.4, -0.2) is 27.6 Å². The van der Waals surface area contributed by atoms with E-state index in [0.29, 0.717) is 18.0 Å². The zero-order valence-electron chi connectivity index (χ0n) is 18.2. The molecule has 162 valence electrons. The van der Waals surface area contributed by atoms with Gasteiger partial charge in [0.05, 0.1) is 12.8 Å². The summed E-state index contributed by atoms with van der Waals surface area (Å²) in [4.78, 5) is 20.6. The molecule has 5 aromatic rings. The third kappa shape index (κ3) is 3.54. The molecule has 2 aromatic carbocycles. The van der Waals surface area contributed by atoms with Gasteiger partial charge in [-0.05, 0) is 43.2 Å². The number of carbonyl (C=O) groups excluding carboxylic acids is 1. The number of thiazole rings is 1. The van der Waals surface area contributed by atoms with Crippen molar-refractivity contribution in [1.29, 1.82) is 0 Å². The van der Waals surface area contributed by atoms with Gasteiger partial charge >= 0.3 is 0 Å². The predicted molar refractivity (Wildman–Crippen MR) is 131 cm³/mol. The molecule has 1 amide bonds. The van der Waals surface area contributed by atoms with Gasteiger partial charge in [-0.25, -0.2) is 4.98 Å². The van der Waals surface area contributed by atoms with Gasteiger partial charge < -0.3 is 19.6 Å². The molecule has 0 atom stereocenters. The SMILES string of the molecule is COc1ccc2c(c1)c(-c1csc(NC(=O)CCc3c[nH]c4ccccc34)n1)c(C)n2C. The Morgan fingerprint density at radius 1 is 1.22 bits per heavy atom. The smallest absolute Gasteiger partial charge is 0.226 e. The Balaban J connectivity index is 1.34. The van der Waals surface area contributed by atoms with Crippen molar-refractivity contribution in [1.82, 2.24) is 14.5 Å². The zero-order chi connectivity index (χ0) is 22.2. The normalized spacial score (nSPS) is 11.3. The maximum Gasteiger partial charge on any atom is 0.226 e. The van der Waals surface area contributed by atoms with Crippen LogP contribution in [0.3, 0.4) is 0 Å². The summed E-state index contributed by atoms with van der Waals surface area (Å²) in [6.07, 6.45) is 3.06. The average molecular weight is 445 g/mol. The standard InChI is InChI=1S/C25H24N4O2S/c1-15-24(19-12-17(31-3)9-10-22(19)29(15)2)21-14-32-25(27-21)28-23(30)11-8-16-13-26-20-7-5-4-6-18(16)20/h4-7,9-10,12-14,26H,8,11H2,1-3H3,(H,27,28,30). The Kier molecular flexibility index (Phi) is 5.19. The fourth-order valence-electron chi connectivity index (χ4n) is 4.22. The van der Waals surface area contributed by atoms with Crippen molar-refractivity contribution in [3.8, 4) is 17.0 Å². The fraction of sp³-hybridized carbons (Fsp3) is 0.200. The summed E-state index contributed by atoms with van der Waals surface area (Å²) in [7, 11) is 3.72. The lowest BCUT2D eigenvalue weighted by molar-refractivity contribution is -0.116. The van der Waals surface area contributed by atoms with E-state index in [2.05, 4.69) is 33.9 Å². The lowest BCUT2D eigenvalue weighted by atomic mass is 10.1. The molecule has 3 aromatic heterocycles. The van der Waals surface area contributed by atoms with E-state index in [9.17, 15) is 4.79 Å². The summed E-state index contributed by atoms with van der Waals surface area (Å²) in [6, 6.07) is 14.2. The highest BCUT2D eigenvalue weighted by Crippen LogP contribution is 2.37. The quantitative estimate of drug-likeness (QED) is 0.354. The van der Waals surface area contributed by atoms with E-state index in [-0.39, 0.29) is 5.91 Å². The molecule has 0 aliphatic carbocycles. The second-order valence-electron chi connectivity index (χ2n) is 7.85. The molecule has 6 nitrogen and oxygen atoms in total. The van der Waals surface area contributed by atoms with Gasteiger partial charge in [-0.2, -0.15) is 0 Å². The third-order valence-corrected chi connectivity index (χ3v) is 6.76. The molecule has 3 heterocycles. The van der Waals surface area contributed by atoms with Gasteiger partial charge in [0.25, 0.3) is 0 Å². The second-order valence-corrected chi connectivity index (χ2v) is 8.71. The topological polar surface area (TPSA) is 71.9 Å². The largest absolute Gasteiger partial charge is 0.497 e. The third-order valence-electron chi connectivity index (χ3n) is 6.00. The molecule has 32 heavy (non-hydrogen) atoms. The summed E-state index contributed by atoms with van der Waals surface area (Å²) >= 11 is 1.45. The van der Waals surface area contributed by atoms with Crippen LogP contribution in [0, 0.1) is 6.92 Å². The van der Waals surface area contributed by atoms with E-state index in [0.717, 1.165) is 44.7 Å². The number of aromatic amines is 1. The first kappa shape index (κ1) is 20.3. The number of H-pyrrole nitrogens is 1. The number of nitrogens with zero attached hydrogens (tertiary/aromatic N) is 2. The van der Waals surface area contributed by atoms with Gasteiger partial charge in [-0.15, -0.1) is 11.3 Å². The van der Waals surface area contributed by atoms with Crippen molar-refractivity contribution in [2.45, 2.75) is 19.8 Å². The monoisotopic (exact) mass is 444 g/mol. The Labute approximate surface area is 189 Å². The Morgan fingerprint density at radius 2 is 2.06 bits per heavy atom. The molecule has 7 heteroatoms. The van der Waals surface area contributed by atoms with Crippen LogP contribution in [0.5, 0.6) is 5.75 Å². The molecule has 2 N–H and O–H groups in total. The van der Waals surface area contributed by atoms with Crippen LogP contribution >= 0.6 is 11.3 Å². The Hall–Kier alpha value is -3.58. The van der Waals surface area contributed by atoms with E-state index in [1.54, 1.807) is 7.11 Å². The van der Waals surface area contributed by atoms with Crippen molar-refractivity contribution in [2.75, 3.05) is 12.4 Å². The van der Waals surface area contributed by atoms with Crippen molar-refractivity contribution >= 4 is 44.2 Å². The van der Waals surface area contributed by atoms with Gasteiger partial charge in [0, 0.05) is 58.1 Å². The van der Waals surface area contributed by atoms with Gasteiger partial charge in [-0.1, -0.05) is 18.2 Å². The number of aryl methyl sites for hydroxylation is 2. The molecule has 5 rings (SSSR count). The number of aromatic nitrogens is 3. The Bertz CT molecular complexity index is 1440. The first-order valence-electron chi connectivity index (χ1n) is 10.5. The molecule has 0 spiro atoms. The number of carbonyl (C=O) groups is 1. The summed E-state index contributed by atoms with van der Waals surface area (Å²) in [5.74, 6) is 0.776. The van der Waals surface area contributed by atoms with Crippen LogP contribution in [0.2, 0.25) is 0 Å². The number of nitrogens with one attached hydrogen (secondary N) is 2. The number of methoxy groups -OCH3 is 1. The highest BCUT2D eigenvalue weighted by Gasteiger charge is 2.18. The maximum absolute atomic E-state index is 12.6. The summed E-state index contributed by atoms with van der Waals surface area (Å²) in [5.41, 5.74) is 6.41. The molecular weight excluding hydrogens is 420 g/mol. The number of amides is 1. The average Bonchev–Trinajstić information content (AvgIpc) is 3.49. The van der Waals surface area contributed by atoms with Gasteiger partial charge in [0.15, 0.2) is 5.13 Å². The molecule has 0 unspecified atom stereocenters. The van der Waals surface area contributed by atoms with Crippen molar-refractivity contribution in [3.63, 3.8) is 0 Å². The highest BCUT2D eigenvalue weighted by atomic mass is 32.1. The lowest BCUT2D eigenvalue weighted by Crippen LogP contribution is -2.12. The molecular formula is C25H24N4O2S.